The standard InChI is InChI=1S/C31H35ClF3N5O4/c32-23-12-19(41)11-21-24(23)20-10-18(20)14-43-16-30(42)4-1-2-8-40(9-6-30)28-22-13-36-26(21)25(33)27(22)37-29(38-28)44-17-39-7-3-5-31(34,35)15-39/h11-13,18,20,41-42H,1-10,14-17H2/t18-,20-,30?/m0/s1. The summed E-state index contributed by atoms with van der Waals surface area (Å²) in [5.41, 5.74) is -0.0612. The Kier molecular flexibility index (Phi) is 7.75. The van der Waals surface area contributed by atoms with Crippen molar-refractivity contribution in [1.82, 2.24) is 19.9 Å². The third kappa shape index (κ3) is 5.89. The van der Waals surface area contributed by atoms with E-state index in [9.17, 15) is 19.0 Å². The Labute approximate surface area is 258 Å². The molecule has 9 nitrogen and oxygen atoms in total. The van der Waals surface area contributed by atoms with E-state index in [-0.39, 0.29) is 54.6 Å². The van der Waals surface area contributed by atoms with Gasteiger partial charge in [-0.05, 0) is 68.1 Å². The first-order valence-corrected chi connectivity index (χ1v) is 15.6. The van der Waals surface area contributed by atoms with Gasteiger partial charge in [0.15, 0.2) is 5.82 Å². The number of halogens is 4. The molecule has 1 unspecified atom stereocenters. The molecule has 0 spiro atoms. The Morgan fingerprint density at radius 3 is 2.80 bits per heavy atom. The average molecular weight is 634 g/mol. The molecule has 0 amide bonds. The number of aromatic hydroxyl groups is 1. The van der Waals surface area contributed by atoms with E-state index in [0.717, 1.165) is 19.3 Å². The number of aromatic nitrogens is 3. The lowest BCUT2D eigenvalue weighted by atomic mass is 9.91. The third-order valence-electron chi connectivity index (χ3n) is 9.32. The molecule has 1 aromatic carbocycles. The molecule has 13 heteroatoms. The highest BCUT2D eigenvalue weighted by atomic mass is 35.5. The highest BCUT2D eigenvalue weighted by Crippen LogP contribution is 2.54. The minimum absolute atomic E-state index is 0.0164. The van der Waals surface area contributed by atoms with Crippen LogP contribution in [0.5, 0.6) is 11.8 Å². The first-order chi connectivity index (χ1) is 21.1. The van der Waals surface area contributed by atoms with Gasteiger partial charge < -0.3 is 24.6 Å². The van der Waals surface area contributed by atoms with Gasteiger partial charge >= 0.3 is 6.01 Å². The van der Waals surface area contributed by atoms with Crippen LogP contribution in [0.2, 0.25) is 5.02 Å². The van der Waals surface area contributed by atoms with Crippen LogP contribution in [0.15, 0.2) is 18.3 Å². The van der Waals surface area contributed by atoms with Crippen molar-refractivity contribution in [3.8, 4) is 23.0 Å². The van der Waals surface area contributed by atoms with Crippen LogP contribution in [0.1, 0.15) is 56.4 Å². The summed E-state index contributed by atoms with van der Waals surface area (Å²) < 4.78 is 56.7. The molecular formula is C31H35ClF3N5O4. The Hall–Kier alpha value is -2.93. The number of alkyl halides is 2. The Morgan fingerprint density at radius 1 is 1.09 bits per heavy atom. The molecule has 5 aliphatic rings. The Morgan fingerprint density at radius 2 is 1.95 bits per heavy atom. The molecule has 3 fully saturated rings. The van der Waals surface area contributed by atoms with Gasteiger partial charge in [0.25, 0.3) is 5.92 Å². The molecule has 1 saturated carbocycles. The second-order valence-electron chi connectivity index (χ2n) is 12.7. The normalized spacial score (nSPS) is 27.2. The molecule has 6 bridgehead atoms. The molecule has 1 aliphatic carbocycles. The molecule has 4 aliphatic heterocycles. The lowest BCUT2D eigenvalue weighted by Crippen LogP contribution is -2.44. The van der Waals surface area contributed by atoms with E-state index in [1.807, 2.05) is 4.90 Å². The van der Waals surface area contributed by atoms with Gasteiger partial charge in [-0.25, -0.2) is 13.2 Å². The second-order valence-corrected chi connectivity index (χ2v) is 13.1. The van der Waals surface area contributed by atoms with Gasteiger partial charge in [0, 0.05) is 42.8 Å². The summed E-state index contributed by atoms with van der Waals surface area (Å²) >= 11 is 6.65. The van der Waals surface area contributed by atoms with Crippen LogP contribution in [0.25, 0.3) is 22.2 Å². The summed E-state index contributed by atoms with van der Waals surface area (Å²) in [6.45, 7) is 1.46. The van der Waals surface area contributed by atoms with Crippen LogP contribution in [-0.4, -0.2) is 87.7 Å². The van der Waals surface area contributed by atoms with Crippen molar-refractivity contribution in [3.05, 3.63) is 34.7 Å². The summed E-state index contributed by atoms with van der Waals surface area (Å²) in [4.78, 5) is 17.1. The van der Waals surface area contributed by atoms with E-state index in [1.54, 1.807) is 0 Å². The lowest BCUT2D eigenvalue weighted by molar-refractivity contribution is -0.0798. The summed E-state index contributed by atoms with van der Waals surface area (Å²) in [6.07, 6.45) is 4.98. The number of aliphatic hydroxyl groups is 1. The fourth-order valence-electron chi connectivity index (χ4n) is 6.88. The van der Waals surface area contributed by atoms with Crippen molar-refractivity contribution in [1.29, 1.82) is 0 Å². The maximum absolute atomic E-state index is 16.6. The van der Waals surface area contributed by atoms with Crippen molar-refractivity contribution in [3.63, 3.8) is 0 Å². The number of rotatable bonds is 3. The lowest BCUT2D eigenvalue weighted by Gasteiger charge is -2.35. The quantitative estimate of drug-likeness (QED) is 0.387. The first kappa shape index (κ1) is 29.8. The maximum Gasteiger partial charge on any atom is 0.320 e. The van der Waals surface area contributed by atoms with E-state index in [2.05, 4.69) is 15.0 Å². The molecule has 3 atom stereocenters. The molecule has 2 aromatic heterocycles. The highest BCUT2D eigenvalue weighted by molar-refractivity contribution is 6.32. The number of phenols is 1. The van der Waals surface area contributed by atoms with E-state index in [4.69, 9.17) is 21.1 Å². The van der Waals surface area contributed by atoms with E-state index >= 15 is 4.39 Å². The van der Waals surface area contributed by atoms with Gasteiger partial charge in [0.1, 0.15) is 29.5 Å². The molecule has 2 saturated heterocycles. The van der Waals surface area contributed by atoms with Gasteiger partial charge in [-0.2, -0.15) is 9.97 Å². The number of benzene rings is 1. The molecule has 8 rings (SSSR count). The average Bonchev–Trinajstić information content (AvgIpc) is 3.72. The molecule has 3 aromatic rings. The largest absolute Gasteiger partial charge is 0.508 e. The number of anilines is 1. The molecule has 0 radical (unpaired) electrons. The number of ether oxygens (including phenoxy) is 2. The monoisotopic (exact) mass is 633 g/mol. The van der Waals surface area contributed by atoms with Gasteiger partial charge in [-0.1, -0.05) is 11.6 Å². The zero-order valence-electron chi connectivity index (χ0n) is 24.2. The summed E-state index contributed by atoms with van der Waals surface area (Å²) in [5.74, 6) is -3.18. The summed E-state index contributed by atoms with van der Waals surface area (Å²) in [5, 5.41) is 22.6. The van der Waals surface area contributed by atoms with E-state index in [0.29, 0.717) is 72.9 Å². The minimum Gasteiger partial charge on any atom is -0.508 e. The fraction of sp³-hybridized carbons (Fsp3) is 0.581. The van der Waals surface area contributed by atoms with Gasteiger partial charge in [-0.15, -0.1) is 0 Å². The molecule has 2 N–H and O–H groups in total. The van der Waals surface area contributed by atoms with Crippen LogP contribution in [0.3, 0.4) is 0 Å². The number of phenolic OH excluding ortho intramolecular Hbond substituents is 1. The zero-order chi connectivity index (χ0) is 30.6. The summed E-state index contributed by atoms with van der Waals surface area (Å²) in [6, 6.07) is 2.75. The summed E-state index contributed by atoms with van der Waals surface area (Å²) in [7, 11) is 0. The topological polar surface area (TPSA) is 104 Å². The number of hydrogen-bond donors (Lipinski definition) is 2. The number of likely N-dealkylation sites (tertiary alicyclic amines) is 1. The van der Waals surface area contributed by atoms with Crippen molar-refractivity contribution in [2.45, 2.75) is 62.4 Å². The number of hydrogen-bond acceptors (Lipinski definition) is 9. The molecular weight excluding hydrogens is 599 g/mol. The van der Waals surface area contributed by atoms with Gasteiger partial charge in [0.2, 0.25) is 0 Å². The van der Waals surface area contributed by atoms with Crippen molar-refractivity contribution < 1.29 is 32.9 Å². The number of pyridine rings is 1. The van der Waals surface area contributed by atoms with Gasteiger partial charge in [-0.3, -0.25) is 9.88 Å². The SMILES string of the molecule is Oc1cc(Cl)c2c(c1)-c1ncc3c(nc(OCN4CCCC(F)(F)C4)nc3c1F)N1CCCCC(O)(CC1)COC[C@@H]1C[C@H]21. The first-order valence-electron chi connectivity index (χ1n) is 15.3. The highest BCUT2D eigenvalue weighted by Gasteiger charge is 2.43. The Balaban J connectivity index is 1.36. The van der Waals surface area contributed by atoms with E-state index < -0.39 is 23.9 Å². The smallest absolute Gasteiger partial charge is 0.320 e. The minimum atomic E-state index is -2.81. The van der Waals surface area contributed by atoms with Crippen LogP contribution in [0, 0.1) is 11.7 Å². The second kappa shape index (κ2) is 11.5. The molecule has 236 valence electrons. The number of nitrogens with zero attached hydrogens (tertiary/aromatic N) is 5. The zero-order valence-corrected chi connectivity index (χ0v) is 25.0. The number of fused-ring (bicyclic) bond motifs is 3. The van der Waals surface area contributed by atoms with E-state index in [1.165, 1.54) is 23.2 Å². The predicted octanol–water partition coefficient (Wildman–Crippen LogP) is 5.50. The fourth-order valence-corrected chi connectivity index (χ4v) is 7.23. The van der Waals surface area contributed by atoms with Crippen molar-refractivity contribution in [2.24, 2.45) is 5.92 Å². The van der Waals surface area contributed by atoms with Gasteiger partial charge in [0.05, 0.1) is 30.7 Å². The van der Waals surface area contributed by atoms with Crippen LogP contribution in [0.4, 0.5) is 19.0 Å². The number of piperidine rings is 1. The predicted molar refractivity (Wildman–Crippen MR) is 158 cm³/mol. The van der Waals surface area contributed by atoms with Crippen LogP contribution < -0.4 is 9.64 Å². The molecule has 6 heterocycles. The van der Waals surface area contributed by atoms with Crippen LogP contribution in [-0.2, 0) is 4.74 Å². The Bertz CT molecular complexity index is 1580. The third-order valence-corrected chi connectivity index (χ3v) is 9.64. The maximum atomic E-state index is 16.6. The van der Waals surface area contributed by atoms with Crippen LogP contribution >= 0.6 is 11.6 Å². The molecule has 44 heavy (non-hydrogen) atoms. The van der Waals surface area contributed by atoms with Crippen molar-refractivity contribution in [2.75, 3.05) is 51.0 Å². The van der Waals surface area contributed by atoms with Crippen molar-refractivity contribution >= 4 is 28.3 Å².